The molecule has 0 unspecified atom stereocenters. The van der Waals surface area contributed by atoms with Gasteiger partial charge in [0.15, 0.2) is 0 Å². The van der Waals surface area contributed by atoms with Gasteiger partial charge < -0.3 is 26.4 Å². The van der Waals surface area contributed by atoms with Gasteiger partial charge in [-0.1, -0.05) is 18.2 Å². The van der Waals surface area contributed by atoms with Gasteiger partial charge in [-0.05, 0) is 49.2 Å². The number of nitrogens with one attached hydrogen (secondary N) is 3. The zero-order chi connectivity index (χ0) is 18.4. The normalized spacial score (nSPS) is 19.0. The van der Waals surface area contributed by atoms with E-state index in [0.717, 1.165) is 6.42 Å². The molecule has 1 aliphatic rings. The van der Waals surface area contributed by atoms with E-state index in [1.807, 2.05) is 18.2 Å². The maximum atomic E-state index is 12.2. The molecule has 0 radical (unpaired) electrons. The van der Waals surface area contributed by atoms with Crippen molar-refractivity contribution < 1.29 is 14.3 Å². The molecule has 3 amide bonds. The minimum absolute atomic E-state index is 0.0412. The van der Waals surface area contributed by atoms with Crippen LogP contribution in [0.1, 0.15) is 12.8 Å². The summed E-state index contributed by atoms with van der Waals surface area (Å²) < 4.78 is 5.58. The van der Waals surface area contributed by atoms with Gasteiger partial charge in [-0.15, -0.1) is 0 Å². The summed E-state index contributed by atoms with van der Waals surface area (Å²) in [6.07, 6.45) is 0.972. The predicted octanol–water partition coefficient (Wildman–Crippen LogP) is 2.78. The second-order valence-electron chi connectivity index (χ2n) is 6.07. The molecule has 0 aromatic heterocycles. The number of carbonyl (C=O) groups excluding carboxylic acids is 2. The topological polar surface area (TPSA) is 105 Å². The molecule has 2 aromatic carbocycles. The second kappa shape index (κ2) is 8.46. The second-order valence-corrected chi connectivity index (χ2v) is 6.07. The molecule has 0 saturated carbocycles. The minimum Gasteiger partial charge on any atom is -0.364 e. The zero-order valence-corrected chi connectivity index (χ0v) is 14.3. The first-order valence-electron chi connectivity index (χ1n) is 8.53. The van der Waals surface area contributed by atoms with Crippen molar-refractivity contribution in [3.05, 3.63) is 54.6 Å². The number of urea groups is 1. The number of carbonyl (C=O) groups is 2. The van der Waals surface area contributed by atoms with Crippen LogP contribution in [-0.4, -0.2) is 30.7 Å². The molecule has 3 rings (SSSR count). The van der Waals surface area contributed by atoms with E-state index < -0.39 is 6.10 Å². The Labute approximate surface area is 151 Å². The first-order valence-corrected chi connectivity index (χ1v) is 8.53. The third-order valence-corrected chi connectivity index (χ3v) is 4.10. The lowest BCUT2D eigenvalue weighted by Crippen LogP contribution is -2.29. The van der Waals surface area contributed by atoms with Crippen LogP contribution in [0.15, 0.2) is 54.6 Å². The van der Waals surface area contributed by atoms with Crippen molar-refractivity contribution in [3.8, 4) is 0 Å². The molecule has 0 aliphatic carbocycles. The maximum Gasteiger partial charge on any atom is 0.323 e. The molecular formula is C19H22N4O3. The van der Waals surface area contributed by atoms with Crippen molar-refractivity contribution in [2.75, 3.05) is 22.5 Å². The van der Waals surface area contributed by atoms with Crippen LogP contribution in [0.4, 0.5) is 21.9 Å². The van der Waals surface area contributed by atoms with Crippen LogP contribution in [0, 0.1) is 0 Å². The van der Waals surface area contributed by atoms with Gasteiger partial charge in [0.25, 0.3) is 5.91 Å². The van der Waals surface area contributed by atoms with Crippen molar-refractivity contribution in [2.45, 2.75) is 25.0 Å². The van der Waals surface area contributed by atoms with Gasteiger partial charge in [0.05, 0.1) is 6.10 Å². The summed E-state index contributed by atoms with van der Waals surface area (Å²) in [7, 11) is 0. The largest absolute Gasteiger partial charge is 0.364 e. The number of benzene rings is 2. The molecule has 7 heteroatoms. The van der Waals surface area contributed by atoms with E-state index in [0.29, 0.717) is 30.0 Å². The van der Waals surface area contributed by atoms with Crippen molar-refractivity contribution in [3.63, 3.8) is 0 Å². The summed E-state index contributed by atoms with van der Waals surface area (Å²) in [5.41, 5.74) is 7.53. The number of para-hydroxylation sites is 1. The lowest BCUT2D eigenvalue weighted by molar-refractivity contribution is -0.126. The fraction of sp³-hybridized carbons (Fsp3) is 0.263. The van der Waals surface area contributed by atoms with E-state index in [4.69, 9.17) is 10.5 Å². The average Bonchev–Trinajstić information content (AvgIpc) is 3.13. The van der Waals surface area contributed by atoms with E-state index >= 15 is 0 Å². The standard InChI is InChI=1S/C19H22N4O3/c20-12-16-10-11-17(26-16)18(24)21-14-6-8-15(9-7-14)23-19(25)22-13-4-2-1-3-5-13/h1-9,16-17H,10-12,20H2,(H,21,24)(H2,22,23,25)/t16-,17+/m1/s1. The molecule has 0 spiro atoms. The fourth-order valence-electron chi connectivity index (χ4n) is 2.75. The zero-order valence-electron chi connectivity index (χ0n) is 14.3. The number of anilines is 3. The van der Waals surface area contributed by atoms with Gasteiger partial charge in [-0.2, -0.15) is 0 Å². The van der Waals surface area contributed by atoms with Gasteiger partial charge in [-0.3, -0.25) is 4.79 Å². The van der Waals surface area contributed by atoms with Crippen LogP contribution < -0.4 is 21.7 Å². The highest BCUT2D eigenvalue weighted by Gasteiger charge is 2.29. The number of nitrogens with two attached hydrogens (primary N) is 1. The minimum atomic E-state index is -0.460. The van der Waals surface area contributed by atoms with E-state index in [9.17, 15) is 9.59 Å². The number of ether oxygens (including phenoxy) is 1. The van der Waals surface area contributed by atoms with Crippen LogP contribution in [0.3, 0.4) is 0 Å². The number of amides is 3. The molecule has 2 atom stereocenters. The molecule has 7 nitrogen and oxygen atoms in total. The fourth-order valence-corrected chi connectivity index (χ4v) is 2.75. The van der Waals surface area contributed by atoms with Crippen LogP contribution in [0.25, 0.3) is 0 Å². The van der Waals surface area contributed by atoms with E-state index in [1.165, 1.54) is 0 Å². The van der Waals surface area contributed by atoms with E-state index in [1.54, 1.807) is 36.4 Å². The number of hydrogen-bond donors (Lipinski definition) is 4. The lowest BCUT2D eigenvalue weighted by Gasteiger charge is -2.13. The average molecular weight is 354 g/mol. The molecule has 2 aromatic rings. The summed E-state index contributed by atoms with van der Waals surface area (Å²) in [6.45, 7) is 0.426. The van der Waals surface area contributed by atoms with Crippen molar-refractivity contribution in [1.82, 2.24) is 0 Å². The van der Waals surface area contributed by atoms with Crippen molar-refractivity contribution in [1.29, 1.82) is 0 Å². The van der Waals surface area contributed by atoms with Crippen LogP contribution in [-0.2, 0) is 9.53 Å². The molecular weight excluding hydrogens is 332 g/mol. The Bertz CT molecular complexity index is 749. The van der Waals surface area contributed by atoms with Crippen molar-refractivity contribution >= 4 is 29.0 Å². The maximum absolute atomic E-state index is 12.2. The van der Waals surface area contributed by atoms with E-state index in [-0.39, 0.29) is 18.0 Å². The number of rotatable bonds is 5. The first kappa shape index (κ1) is 17.9. The van der Waals surface area contributed by atoms with Gasteiger partial charge >= 0.3 is 6.03 Å². The molecule has 1 heterocycles. The van der Waals surface area contributed by atoms with Crippen LogP contribution >= 0.6 is 0 Å². The van der Waals surface area contributed by atoms with Gasteiger partial charge in [-0.25, -0.2) is 4.79 Å². The molecule has 136 valence electrons. The Hall–Kier alpha value is -2.90. The highest BCUT2D eigenvalue weighted by Crippen LogP contribution is 2.21. The highest BCUT2D eigenvalue weighted by molar-refractivity contribution is 6.00. The smallest absolute Gasteiger partial charge is 0.323 e. The molecule has 0 bridgehead atoms. The molecule has 5 N–H and O–H groups in total. The predicted molar refractivity (Wildman–Crippen MR) is 101 cm³/mol. The summed E-state index contributed by atoms with van der Waals surface area (Å²) in [5.74, 6) is -0.177. The SMILES string of the molecule is NC[C@H]1CC[C@@H](C(=O)Nc2ccc(NC(=O)Nc3ccccc3)cc2)O1. The molecule has 26 heavy (non-hydrogen) atoms. The van der Waals surface area contributed by atoms with Gasteiger partial charge in [0.2, 0.25) is 0 Å². The van der Waals surface area contributed by atoms with Gasteiger partial charge in [0, 0.05) is 23.6 Å². The molecule has 1 fully saturated rings. The quantitative estimate of drug-likeness (QED) is 0.662. The molecule has 1 saturated heterocycles. The summed E-state index contributed by atoms with van der Waals surface area (Å²) in [4.78, 5) is 24.1. The Morgan fingerprint density at radius 2 is 1.46 bits per heavy atom. The van der Waals surface area contributed by atoms with Crippen molar-refractivity contribution in [2.24, 2.45) is 5.73 Å². The Balaban J connectivity index is 1.50. The first-order chi connectivity index (χ1) is 12.6. The Morgan fingerprint density at radius 1 is 0.885 bits per heavy atom. The lowest BCUT2D eigenvalue weighted by atomic mass is 10.2. The third kappa shape index (κ3) is 4.81. The summed E-state index contributed by atoms with van der Waals surface area (Å²) in [5, 5.41) is 8.29. The van der Waals surface area contributed by atoms with Gasteiger partial charge in [0.1, 0.15) is 6.10 Å². The summed E-state index contributed by atoms with van der Waals surface area (Å²) in [6, 6.07) is 15.7. The Kier molecular flexibility index (Phi) is 5.83. The van der Waals surface area contributed by atoms with E-state index in [2.05, 4.69) is 16.0 Å². The number of hydrogen-bond acceptors (Lipinski definition) is 4. The monoisotopic (exact) mass is 354 g/mol. The van der Waals surface area contributed by atoms with Crippen LogP contribution in [0.5, 0.6) is 0 Å². The highest BCUT2D eigenvalue weighted by atomic mass is 16.5. The Morgan fingerprint density at radius 3 is 2.04 bits per heavy atom. The summed E-state index contributed by atoms with van der Waals surface area (Å²) >= 11 is 0. The third-order valence-electron chi connectivity index (χ3n) is 4.10. The van der Waals surface area contributed by atoms with Crippen LogP contribution in [0.2, 0.25) is 0 Å². The molecule has 1 aliphatic heterocycles.